The summed E-state index contributed by atoms with van der Waals surface area (Å²) < 4.78 is 0. The Morgan fingerprint density at radius 3 is 2.55 bits per heavy atom. The standard InChI is InChI=1S/C6H9N3O2/c1-6(2,3-7)5(11)9-8-4-10/h4H,1-2H3,(H,8,10)(H,9,11). The van der Waals surface area contributed by atoms with Crippen LogP contribution in [0.15, 0.2) is 0 Å². The van der Waals surface area contributed by atoms with Gasteiger partial charge in [0.25, 0.3) is 5.91 Å². The van der Waals surface area contributed by atoms with Crippen LogP contribution in [0, 0.1) is 16.7 Å². The summed E-state index contributed by atoms with van der Waals surface area (Å²) in [4.78, 5) is 20.6. The van der Waals surface area contributed by atoms with Crippen molar-refractivity contribution in [3.8, 4) is 6.07 Å². The minimum atomic E-state index is -1.12. The normalized spacial score (nSPS) is 9.55. The summed E-state index contributed by atoms with van der Waals surface area (Å²) in [6.07, 6.45) is 0.325. The van der Waals surface area contributed by atoms with Crippen molar-refractivity contribution in [2.75, 3.05) is 0 Å². The van der Waals surface area contributed by atoms with Crippen molar-refractivity contribution in [1.29, 1.82) is 5.26 Å². The molecule has 0 aliphatic carbocycles. The average molecular weight is 155 g/mol. The van der Waals surface area contributed by atoms with Gasteiger partial charge in [-0.25, -0.2) is 0 Å². The Morgan fingerprint density at radius 2 is 2.18 bits per heavy atom. The number of nitrogens with zero attached hydrogens (tertiary/aromatic N) is 1. The van der Waals surface area contributed by atoms with Crippen molar-refractivity contribution in [1.82, 2.24) is 10.9 Å². The van der Waals surface area contributed by atoms with Gasteiger partial charge >= 0.3 is 0 Å². The van der Waals surface area contributed by atoms with Crippen LogP contribution in [0.4, 0.5) is 0 Å². The molecule has 11 heavy (non-hydrogen) atoms. The lowest BCUT2D eigenvalue weighted by molar-refractivity contribution is -0.129. The minimum Gasteiger partial charge on any atom is -0.277 e. The Hall–Kier alpha value is -1.57. The molecule has 5 nitrogen and oxygen atoms in total. The SMILES string of the molecule is CC(C)(C#N)C(=O)NNC=O. The maximum Gasteiger partial charge on any atom is 0.258 e. The quantitative estimate of drug-likeness (QED) is 0.418. The summed E-state index contributed by atoms with van der Waals surface area (Å²) >= 11 is 0. The lowest BCUT2D eigenvalue weighted by atomic mass is 9.95. The summed E-state index contributed by atoms with van der Waals surface area (Å²) in [5, 5.41) is 8.44. The van der Waals surface area contributed by atoms with E-state index in [0.717, 1.165) is 0 Å². The Balaban J connectivity index is 4.05. The molecule has 0 radical (unpaired) electrons. The van der Waals surface area contributed by atoms with Crippen LogP contribution in [0.2, 0.25) is 0 Å². The number of hydrazine groups is 1. The van der Waals surface area contributed by atoms with Gasteiger partial charge in [-0.15, -0.1) is 0 Å². The number of nitriles is 1. The second-order valence-electron chi connectivity index (χ2n) is 2.45. The van der Waals surface area contributed by atoms with Gasteiger partial charge in [0.1, 0.15) is 5.41 Å². The third-order valence-electron chi connectivity index (χ3n) is 1.09. The number of carbonyl (C=O) groups is 2. The molecular formula is C6H9N3O2. The van der Waals surface area contributed by atoms with Gasteiger partial charge < -0.3 is 0 Å². The van der Waals surface area contributed by atoms with Gasteiger partial charge in [-0.2, -0.15) is 5.26 Å². The molecule has 0 saturated carbocycles. The van der Waals surface area contributed by atoms with E-state index >= 15 is 0 Å². The average Bonchev–Trinajstić information content (AvgIpc) is 2.00. The number of amides is 2. The molecule has 0 spiro atoms. The first-order chi connectivity index (χ1) is 5.04. The maximum absolute atomic E-state index is 10.9. The third kappa shape index (κ3) is 2.67. The minimum absolute atomic E-state index is 0.325. The van der Waals surface area contributed by atoms with Crippen LogP contribution in [-0.4, -0.2) is 12.3 Å². The van der Waals surface area contributed by atoms with E-state index in [0.29, 0.717) is 6.41 Å². The number of rotatable bonds is 3. The molecule has 2 amide bonds. The fourth-order valence-corrected chi connectivity index (χ4v) is 0.302. The zero-order valence-corrected chi connectivity index (χ0v) is 6.34. The monoisotopic (exact) mass is 155 g/mol. The number of nitrogens with one attached hydrogen (secondary N) is 2. The number of hydrogen-bond donors (Lipinski definition) is 2. The first-order valence-electron chi connectivity index (χ1n) is 2.95. The Bertz CT molecular complexity index is 204. The molecule has 0 bridgehead atoms. The van der Waals surface area contributed by atoms with E-state index in [1.807, 2.05) is 10.9 Å². The second-order valence-corrected chi connectivity index (χ2v) is 2.45. The first-order valence-corrected chi connectivity index (χ1v) is 2.95. The van der Waals surface area contributed by atoms with E-state index in [9.17, 15) is 9.59 Å². The molecule has 60 valence electrons. The van der Waals surface area contributed by atoms with Gasteiger partial charge in [-0.3, -0.25) is 20.4 Å². The van der Waals surface area contributed by atoms with Crippen LogP contribution in [0.5, 0.6) is 0 Å². The molecule has 0 unspecified atom stereocenters. The summed E-state index contributed by atoms with van der Waals surface area (Å²) in [5.41, 5.74) is 2.89. The zero-order chi connectivity index (χ0) is 8.91. The van der Waals surface area contributed by atoms with Crippen LogP contribution in [0.1, 0.15) is 13.8 Å². The van der Waals surface area contributed by atoms with Crippen LogP contribution >= 0.6 is 0 Å². The number of hydrogen-bond acceptors (Lipinski definition) is 3. The summed E-state index contributed by atoms with van der Waals surface area (Å²) in [6.45, 7) is 2.91. The Labute approximate surface area is 64.3 Å². The molecule has 0 aliphatic rings. The number of carbonyl (C=O) groups excluding carboxylic acids is 2. The van der Waals surface area contributed by atoms with Crippen molar-refractivity contribution in [3.05, 3.63) is 0 Å². The summed E-state index contributed by atoms with van der Waals surface area (Å²) in [7, 11) is 0. The van der Waals surface area contributed by atoms with E-state index in [1.165, 1.54) is 13.8 Å². The molecule has 2 N–H and O–H groups in total. The third-order valence-corrected chi connectivity index (χ3v) is 1.09. The zero-order valence-electron chi connectivity index (χ0n) is 6.34. The molecule has 0 aromatic carbocycles. The predicted molar refractivity (Wildman–Crippen MR) is 36.7 cm³/mol. The molecule has 0 aromatic heterocycles. The van der Waals surface area contributed by atoms with E-state index in [1.54, 1.807) is 6.07 Å². The second kappa shape index (κ2) is 3.56. The Morgan fingerprint density at radius 1 is 1.64 bits per heavy atom. The van der Waals surface area contributed by atoms with Crippen LogP contribution < -0.4 is 10.9 Å². The van der Waals surface area contributed by atoms with Crippen LogP contribution in [0.25, 0.3) is 0 Å². The molecule has 0 atom stereocenters. The molecule has 0 aliphatic heterocycles. The van der Waals surface area contributed by atoms with Gasteiger partial charge in [0.2, 0.25) is 6.41 Å². The summed E-state index contributed by atoms with van der Waals surface area (Å²) in [6, 6.07) is 1.78. The van der Waals surface area contributed by atoms with Crippen molar-refractivity contribution < 1.29 is 9.59 Å². The fourth-order valence-electron chi connectivity index (χ4n) is 0.302. The predicted octanol–water partition coefficient (Wildman–Crippen LogP) is -0.687. The van der Waals surface area contributed by atoms with E-state index in [2.05, 4.69) is 0 Å². The van der Waals surface area contributed by atoms with Gasteiger partial charge in [0.05, 0.1) is 6.07 Å². The molecule has 0 rings (SSSR count). The highest BCUT2D eigenvalue weighted by Gasteiger charge is 2.26. The first kappa shape index (κ1) is 9.43. The summed E-state index contributed by atoms with van der Waals surface area (Å²) in [5.74, 6) is -0.535. The maximum atomic E-state index is 10.9. The van der Waals surface area contributed by atoms with Crippen molar-refractivity contribution in [3.63, 3.8) is 0 Å². The highest BCUT2D eigenvalue weighted by atomic mass is 16.2. The lowest BCUT2D eigenvalue weighted by Gasteiger charge is -2.13. The topological polar surface area (TPSA) is 82.0 Å². The largest absolute Gasteiger partial charge is 0.277 e. The molecule has 0 heterocycles. The van der Waals surface area contributed by atoms with Crippen LogP contribution in [0.3, 0.4) is 0 Å². The van der Waals surface area contributed by atoms with Crippen molar-refractivity contribution in [2.24, 2.45) is 5.41 Å². The molecule has 5 heteroatoms. The van der Waals surface area contributed by atoms with Gasteiger partial charge in [0.15, 0.2) is 0 Å². The molecule has 0 aromatic rings. The molecule has 0 fully saturated rings. The van der Waals surface area contributed by atoms with Gasteiger partial charge in [-0.05, 0) is 13.8 Å². The van der Waals surface area contributed by atoms with Crippen LogP contribution in [-0.2, 0) is 9.59 Å². The van der Waals surface area contributed by atoms with Crippen molar-refractivity contribution >= 4 is 12.3 Å². The van der Waals surface area contributed by atoms with E-state index in [-0.39, 0.29) is 0 Å². The lowest BCUT2D eigenvalue weighted by Crippen LogP contribution is -2.43. The van der Waals surface area contributed by atoms with E-state index < -0.39 is 11.3 Å². The highest BCUT2D eigenvalue weighted by molar-refractivity contribution is 5.84. The fraction of sp³-hybridized carbons (Fsp3) is 0.500. The van der Waals surface area contributed by atoms with Gasteiger partial charge in [-0.1, -0.05) is 0 Å². The highest BCUT2D eigenvalue weighted by Crippen LogP contribution is 2.11. The molecular weight excluding hydrogens is 146 g/mol. The van der Waals surface area contributed by atoms with Crippen molar-refractivity contribution in [2.45, 2.75) is 13.8 Å². The smallest absolute Gasteiger partial charge is 0.258 e. The Kier molecular flexibility index (Phi) is 3.05. The van der Waals surface area contributed by atoms with Gasteiger partial charge in [0, 0.05) is 0 Å². The molecule has 0 saturated heterocycles. The van der Waals surface area contributed by atoms with E-state index in [4.69, 9.17) is 5.26 Å².